The maximum absolute atomic E-state index is 13.4. The van der Waals surface area contributed by atoms with Crippen molar-refractivity contribution in [2.75, 3.05) is 0 Å². The molecule has 0 saturated heterocycles. The maximum Gasteiger partial charge on any atom is 0.416 e. The fourth-order valence-electron chi connectivity index (χ4n) is 3.36. The van der Waals surface area contributed by atoms with Gasteiger partial charge in [-0.3, -0.25) is 0 Å². The Bertz CT molecular complexity index is 1270. The fraction of sp³-hybridized carbons (Fsp3) is 0.143. The lowest BCUT2D eigenvalue weighted by atomic mass is 10.1. The van der Waals surface area contributed by atoms with Gasteiger partial charge < -0.3 is 14.2 Å². The summed E-state index contributed by atoms with van der Waals surface area (Å²) in [5.41, 5.74) is 1.87. The zero-order chi connectivity index (χ0) is 24.1. The molecule has 174 valence electrons. The van der Waals surface area contributed by atoms with Gasteiger partial charge in [0.1, 0.15) is 23.9 Å². The molecule has 0 bridgehead atoms. The minimum atomic E-state index is -4.51. The predicted molar refractivity (Wildman–Crippen MR) is 125 cm³/mol. The normalized spacial score (nSPS) is 11.2. The summed E-state index contributed by atoms with van der Waals surface area (Å²) in [7, 11) is 0. The van der Waals surface area contributed by atoms with Gasteiger partial charge in [-0.15, -0.1) is 0 Å². The van der Waals surface area contributed by atoms with Crippen molar-refractivity contribution in [3.63, 3.8) is 0 Å². The summed E-state index contributed by atoms with van der Waals surface area (Å²) >= 11 is 0. The van der Waals surface area contributed by atoms with Crippen molar-refractivity contribution in [1.82, 2.24) is 0 Å². The maximum atomic E-state index is 13.4. The molecule has 0 aliphatic rings. The highest BCUT2D eigenvalue weighted by Crippen LogP contribution is 2.41. The van der Waals surface area contributed by atoms with Crippen molar-refractivity contribution in [3.8, 4) is 28.7 Å². The van der Waals surface area contributed by atoms with E-state index >= 15 is 0 Å². The molecule has 4 rings (SSSR count). The van der Waals surface area contributed by atoms with E-state index in [0.29, 0.717) is 23.9 Å². The first-order valence-corrected chi connectivity index (χ1v) is 10.7. The number of aryl methyl sites for hydroxylation is 2. The van der Waals surface area contributed by atoms with Gasteiger partial charge in [0.2, 0.25) is 0 Å². The zero-order valence-electron chi connectivity index (χ0n) is 18.7. The molecule has 0 saturated carbocycles. The third-order valence-corrected chi connectivity index (χ3v) is 5.09. The Hall–Kier alpha value is -3.93. The molecule has 0 aliphatic carbocycles. The average molecular weight is 464 g/mol. The highest BCUT2D eigenvalue weighted by atomic mass is 19.4. The topological polar surface area (TPSA) is 27.7 Å². The fourth-order valence-corrected chi connectivity index (χ4v) is 3.36. The minimum Gasteiger partial charge on any atom is -0.489 e. The van der Waals surface area contributed by atoms with Gasteiger partial charge in [0, 0.05) is 6.07 Å². The summed E-state index contributed by atoms with van der Waals surface area (Å²) < 4.78 is 57.8. The van der Waals surface area contributed by atoms with Crippen LogP contribution in [-0.2, 0) is 12.8 Å². The van der Waals surface area contributed by atoms with Gasteiger partial charge in [0.15, 0.2) is 11.5 Å². The van der Waals surface area contributed by atoms with E-state index < -0.39 is 11.7 Å². The molecule has 4 aromatic rings. The molecular formula is C28H23F3O3. The largest absolute Gasteiger partial charge is 0.489 e. The van der Waals surface area contributed by atoms with Gasteiger partial charge in [-0.2, -0.15) is 13.2 Å². The lowest BCUT2D eigenvalue weighted by Gasteiger charge is -2.17. The van der Waals surface area contributed by atoms with Crippen molar-refractivity contribution < 1.29 is 27.4 Å². The van der Waals surface area contributed by atoms with E-state index in [1.165, 1.54) is 6.07 Å². The van der Waals surface area contributed by atoms with Gasteiger partial charge in [-0.05, 0) is 66.9 Å². The van der Waals surface area contributed by atoms with Crippen molar-refractivity contribution in [2.45, 2.75) is 26.6 Å². The number of rotatable bonds is 7. The van der Waals surface area contributed by atoms with Crippen LogP contribution in [0.2, 0.25) is 0 Å². The molecule has 0 atom stereocenters. The monoisotopic (exact) mass is 464 g/mol. The summed E-state index contributed by atoms with van der Waals surface area (Å²) in [6.07, 6.45) is -4.51. The molecule has 6 heteroatoms. The van der Waals surface area contributed by atoms with Crippen molar-refractivity contribution in [1.29, 1.82) is 0 Å². The van der Waals surface area contributed by atoms with E-state index in [-0.39, 0.29) is 11.5 Å². The Morgan fingerprint density at radius 1 is 0.647 bits per heavy atom. The lowest BCUT2D eigenvalue weighted by molar-refractivity contribution is -0.137. The van der Waals surface area contributed by atoms with E-state index in [1.54, 1.807) is 24.3 Å². The summed E-state index contributed by atoms with van der Waals surface area (Å²) in [5.74, 6) is 1.60. The summed E-state index contributed by atoms with van der Waals surface area (Å²) in [6, 6.07) is 25.4. The third kappa shape index (κ3) is 5.90. The summed E-state index contributed by atoms with van der Waals surface area (Å²) in [6.45, 7) is 4.09. The Kier molecular flexibility index (Phi) is 6.77. The molecule has 0 heterocycles. The highest BCUT2D eigenvalue weighted by Gasteiger charge is 2.31. The summed E-state index contributed by atoms with van der Waals surface area (Å²) in [4.78, 5) is 0. The Labute approximate surface area is 196 Å². The Morgan fingerprint density at radius 3 is 2.09 bits per heavy atom. The highest BCUT2D eigenvalue weighted by molar-refractivity contribution is 5.50. The average Bonchev–Trinajstić information content (AvgIpc) is 2.80. The van der Waals surface area contributed by atoms with Crippen LogP contribution >= 0.6 is 0 Å². The van der Waals surface area contributed by atoms with Crippen molar-refractivity contribution in [3.05, 3.63) is 113 Å². The lowest BCUT2D eigenvalue weighted by Crippen LogP contribution is -2.05. The number of hydrogen-bond acceptors (Lipinski definition) is 3. The van der Waals surface area contributed by atoms with Gasteiger partial charge in [-0.1, -0.05) is 48.5 Å². The van der Waals surface area contributed by atoms with Crippen LogP contribution in [0.4, 0.5) is 13.2 Å². The van der Waals surface area contributed by atoms with Crippen LogP contribution < -0.4 is 14.2 Å². The minimum absolute atomic E-state index is 0.0302. The molecule has 0 aromatic heterocycles. The van der Waals surface area contributed by atoms with Crippen molar-refractivity contribution in [2.24, 2.45) is 0 Å². The predicted octanol–water partition coefficient (Wildman–Crippen LogP) is 8.49. The molecule has 0 aliphatic heterocycles. The van der Waals surface area contributed by atoms with Crippen LogP contribution in [0.15, 0.2) is 91.0 Å². The molecule has 34 heavy (non-hydrogen) atoms. The second-order valence-electron chi connectivity index (χ2n) is 7.88. The molecule has 0 fully saturated rings. The first-order chi connectivity index (χ1) is 16.3. The molecule has 0 N–H and O–H groups in total. The second-order valence-corrected chi connectivity index (χ2v) is 7.88. The number of alkyl halides is 3. The molecule has 4 aromatic carbocycles. The van der Waals surface area contributed by atoms with Gasteiger partial charge in [0.05, 0.1) is 5.56 Å². The van der Waals surface area contributed by atoms with Gasteiger partial charge in [-0.25, -0.2) is 0 Å². The number of ether oxygens (including phenoxy) is 3. The quantitative estimate of drug-likeness (QED) is 0.274. The molecular weight excluding hydrogens is 441 g/mol. The van der Waals surface area contributed by atoms with Crippen molar-refractivity contribution >= 4 is 0 Å². The molecule has 0 unspecified atom stereocenters. The van der Waals surface area contributed by atoms with Crippen LogP contribution in [0.1, 0.15) is 22.3 Å². The Balaban J connectivity index is 1.62. The number of hydrogen-bond donors (Lipinski definition) is 0. The van der Waals surface area contributed by atoms with E-state index in [4.69, 9.17) is 14.2 Å². The van der Waals surface area contributed by atoms with E-state index in [0.717, 1.165) is 28.8 Å². The van der Waals surface area contributed by atoms with E-state index in [9.17, 15) is 13.2 Å². The van der Waals surface area contributed by atoms with Crippen LogP contribution in [0.3, 0.4) is 0 Å². The Morgan fingerprint density at radius 2 is 1.35 bits per heavy atom. The number of benzene rings is 4. The van der Waals surface area contributed by atoms with Gasteiger partial charge in [0.25, 0.3) is 0 Å². The third-order valence-electron chi connectivity index (χ3n) is 5.09. The SMILES string of the molecule is Cc1cc(OCc2ccccc2)cc(Oc2ccc(C(F)(F)F)cc2Oc2ccccc2C)c1. The van der Waals surface area contributed by atoms with Crippen LogP contribution in [0.5, 0.6) is 28.7 Å². The first-order valence-electron chi connectivity index (χ1n) is 10.7. The van der Waals surface area contributed by atoms with E-state index in [1.807, 2.05) is 62.4 Å². The van der Waals surface area contributed by atoms with E-state index in [2.05, 4.69) is 0 Å². The van der Waals surface area contributed by atoms with Crippen LogP contribution in [0, 0.1) is 13.8 Å². The van der Waals surface area contributed by atoms with Gasteiger partial charge >= 0.3 is 6.18 Å². The number of halogens is 3. The number of para-hydroxylation sites is 1. The molecule has 3 nitrogen and oxygen atoms in total. The molecule has 0 radical (unpaired) electrons. The second kappa shape index (κ2) is 9.91. The molecule has 0 amide bonds. The zero-order valence-corrected chi connectivity index (χ0v) is 18.7. The standard InChI is InChI=1S/C28H23F3O3/c1-19-14-23(32-18-21-9-4-3-5-10-21)17-24(15-19)33-26-13-12-22(28(29,30)31)16-27(26)34-25-11-7-6-8-20(25)2/h3-17H,18H2,1-2H3. The van der Waals surface area contributed by atoms with Crippen LogP contribution in [0.25, 0.3) is 0 Å². The molecule has 0 spiro atoms. The first kappa shape index (κ1) is 23.2. The summed E-state index contributed by atoms with van der Waals surface area (Å²) in [5, 5.41) is 0. The van der Waals surface area contributed by atoms with Crippen LogP contribution in [-0.4, -0.2) is 0 Å². The smallest absolute Gasteiger partial charge is 0.416 e.